The van der Waals surface area contributed by atoms with E-state index in [1.807, 2.05) is 23.9 Å². The molecule has 2 N–H and O–H groups in total. The van der Waals surface area contributed by atoms with E-state index < -0.39 is 0 Å². The van der Waals surface area contributed by atoms with Crippen molar-refractivity contribution in [3.63, 3.8) is 0 Å². The van der Waals surface area contributed by atoms with E-state index in [-0.39, 0.29) is 6.04 Å². The summed E-state index contributed by atoms with van der Waals surface area (Å²) in [6, 6.07) is 21.1. The van der Waals surface area contributed by atoms with Crippen LogP contribution in [-0.2, 0) is 11.2 Å². The van der Waals surface area contributed by atoms with Crippen molar-refractivity contribution < 1.29 is 4.74 Å². The molecule has 0 fully saturated rings. The van der Waals surface area contributed by atoms with Crippen LogP contribution >= 0.6 is 11.8 Å². The number of benzene rings is 2. The molecule has 2 aromatic carbocycles. The predicted molar refractivity (Wildman–Crippen MR) is 91.6 cm³/mol. The Kier molecular flexibility index (Phi) is 6.80. The second-order valence-corrected chi connectivity index (χ2v) is 6.30. The fraction of sp³-hybridized carbons (Fsp3) is 0.333. The van der Waals surface area contributed by atoms with Crippen LogP contribution < -0.4 is 5.73 Å². The van der Waals surface area contributed by atoms with E-state index in [0.29, 0.717) is 5.25 Å². The Morgan fingerprint density at radius 3 is 2.24 bits per heavy atom. The molecule has 0 aliphatic carbocycles. The van der Waals surface area contributed by atoms with Gasteiger partial charge in [-0.05, 0) is 17.5 Å². The van der Waals surface area contributed by atoms with Crippen LogP contribution in [0.5, 0.6) is 0 Å². The minimum absolute atomic E-state index is 0.0941. The summed E-state index contributed by atoms with van der Waals surface area (Å²) in [5.74, 6) is 0.957. The number of rotatable bonds is 8. The molecule has 0 saturated heterocycles. The molecule has 0 saturated carbocycles. The summed E-state index contributed by atoms with van der Waals surface area (Å²) in [7, 11) is 1.74. The highest BCUT2D eigenvalue weighted by atomic mass is 32.2. The quantitative estimate of drug-likeness (QED) is 0.756. The normalized spacial score (nSPS) is 13.8. The van der Waals surface area contributed by atoms with Crippen molar-refractivity contribution in [2.45, 2.75) is 17.7 Å². The Morgan fingerprint density at radius 1 is 1.00 bits per heavy atom. The van der Waals surface area contributed by atoms with Crippen LogP contribution in [0.1, 0.15) is 16.4 Å². The lowest BCUT2D eigenvalue weighted by molar-refractivity contribution is 0.218. The van der Waals surface area contributed by atoms with E-state index in [1.54, 1.807) is 7.11 Å². The molecule has 2 aromatic rings. The zero-order chi connectivity index (χ0) is 14.9. The maximum absolute atomic E-state index is 6.50. The van der Waals surface area contributed by atoms with Gasteiger partial charge in [0.15, 0.2) is 0 Å². The van der Waals surface area contributed by atoms with Gasteiger partial charge in [-0.15, -0.1) is 11.8 Å². The largest absolute Gasteiger partial charge is 0.384 e. The molecule has 2 nitrogen and oxygen atoms in total. The van der Waals surface area contributed by atoms with Crippen LogP contribution in [0.4, 0.5) is 0 Å². The first kappa shape index (κ1) is 16.1. The Hall–Kier alpha value is -1.29. The van der Waals surface area contributed by atoms with Gasteiger partial charge in [0.25, 0.3) is 0 Å². The van der Waals surface area contributed by atoms with Crippen molar-refractivity contribution in [1.82, 2.24) is 0 Å². The summed E-state index contributed by atoms with van der Waals surface area (Å²) in [6.45, 7) is 0.756. The average molecular weight is 301 g/mol. The lowest BCUT2D eigenvalue weighted by atomic mass is 9.99. The fourth-order valence-corrected chi connectivity index (χ4v) is 3.57. The third-order valence-electron chi connectivity index (χ3n) is 3.42. The molecule has 112 valence electrons. The zero-order valence-electron chi connectivity index (χ0n) is 12.4. The van der Waals surface area contributed by atoms with Crippen molar-refractivity contribution in [2.75, 3.05) is 19.5 Å². The molecule has 0 spiro atoms. The summed E-state index contributed by atoms with van der Waals surface area (Å²) < 4.78 is 5.16. The second-order valence-electron chi connectivity index (χ2n) is 5.05. The molecule has 21 heavy (non-hydrogen) atoms. The molecule has 0 heterocycles. The van der Waals surface area contributed by atoms with E-state index >= 15 is 0 Å². The van der Waals surface area contributed by atoms with Gasteiger partial charge in [0.05, 0.1) is 6.61 Å². The number of hydrogen-bond donors (Lipinski definition) is 1. The second kappa shape index (κ2) is 8.88. The van der Waals surface area contributed by atoms with Gasteiger partial charge < -0.3 is 10.5 Å². The number of ether oxygens (including phenoxy) is 1. The maximum atomic E-state index is 6.50. The predicted octanol–water partition coefficient (Wildman–Crippen LogP) is 3.68. The highest BCUT2D eigenvalue weighted by Gasteiger charge is 2.20. The van der Waals surface area contributed by atoms with Crippen LogP contribution in [-0.4, -0.2) is 25.5 Å². The van der Waals surface area contributed by atoms with Crippen LogP contribution in [0.25, 0.3) is 0 Å². The minimum atomic E-state index is 0.0941. The van der Waals surface area contributed by atoms with Crippen LogP contribution in [0.3, 0.4) is 0 Å². The third kappa shape index (κ3) is 5.20. The van der Waals surface area contributed by atoms with Gasteiger partial charge >= 0.3 is 0 Å². The first-order valence-electron chi connectivity index (χ1n) is 7.26. The lowest BCUT2D eigenvalue weighted by Gasteiger charge is -2.24. The molecular formula is C18H23NOS. The molecule has 0 radical (unpaired) electrons. The first-order chi connectivity index (χ1) is 10.3. The van der Waals surface area contributed by atoms with Gasteiger partial charge in [-0.2, -0.15) is 0 Å². The van der Waals surface area contributed by atoms with E-state index in [1.165, 1.54) is 11.1 Å². The van der Waals surface area contributed by atoms with Gasteiger partial charge in [-0.3, -0.25) is 0 Å². The molecule has 2 unspecified atom stereocenters. The molecule has 0 aliphatic heterocycles. The summed E-state index contributed by atoms with van der Waals surface area (Å²) in [5, 5.41) is 0.293. The minimum Gasteiger partial charge on any atom is -0.384 e. The van der Waals surface area contributed by atoms with E-state index in [9.17, 15) is 0 Å². The fourth-order valence-electron chi connectivity index (χ4n) is 2.36. The average Bonchev–Trinajstić information content (AvgIpc) is 2.53. The Bertz CT molecular complexity index is 503. The smallest absolute Gasteiger partial charge is 0.0553 e. The van der Waals surface area contributed by atoms with Crippen molar-refractivity contribution in [3.8, 4) is 0 Å². The number of nitrogens with two attached hydrogens (primary N) is 1. The van der Waals surface area contributed by atoms with Gasteiger partial charge in [-0.1, -0.05) is 60.7 Å². The number of thioether (sulfide) groups is 1. The Morgan fingerprint density at radius 2 is 1.62 bits per heavy atom. The molecule has 2 atom stereocenters. The van der Waals surface area contributed by atoms with Crippen LogP contribution in [0.2, 0.25) is 0 Å². The van der Waals surface area contributed by atoms with Crippen molar-refractivity contribution in [2.24, 2.45) is 5.73 Å². The molecule has 0 amide bonds. The van der Waals surface area contributed by atoms with E-state index in [4.69, 9.17) is 10.5 Å². The summed E-state index contributed by atoms with van der Waals surface area (Å²) in [6.07, 6.45) is 0.889. The molecule has 0 bridgehead atoms. The molecular weight excluding hydrogens is 278 g/mol. The van der Waals surface area contributed by atoms with Crippen molar-refractivity contribution >= 4 is 11.8 Å². The highest BCUT2D eigenvalue weighted by Crippen LogP contribution is 2.32. The van der Waals surface area contributed by atoms with Crippen LogP contribution in [0, 0.1) is 0 Å². The Balaban J connectivity index is 2.07. The molecule has 2 rings (SSSR count). The lowest BCUT2D eigenvalue weighted by Crippen LogP contribution is -2.29. The third-order valence-corrected chi connectivity index (χ3v) is 4.80. The molecule has 0 aromatic heterocycles. The van der Waals surface area contributed by atoms with Gasteiger partial charge in [0.2, 0.25) is 0 Å². The number of methoxy groups -OCH3 is 1. The van der Waals surface area contributed by atoms with Crippen LogP contribution in [0.15, 0.2) is 60.7 Å². The van der Waals surface area contributed by atoms with Crippen molar-refractivity contribution in [3.05, 3.63) is 71.8 Å². The Labute approximate surface area is 131 Å². The summed E-state index contributed by atoms with van der Waals surface area (Å²) >= 11 is 1.88. The highest BCUT2D eigenvalue weighted by molar-refractivity contribution is 7.99. The van der Waals surface area contributed by atoms with Gasteiger partial charge in [-0.25, -0.2) is 0 Å². The SMILES string of the molecule is COCCSC(c1ccccc1)C(N)Cc1ccccc1. The van der Waals surface area contributed by atoms with Gasteiger partial charge in [0, 0.05) is 24.2 Å². The summed E-state index contributed by atoms with van der Waals surface area (Å²) in [5.41, 5.74) is 9.09. The number of hydrogen-bond acceptors (Lipinski definition) is 3. The van der Waals surface area contributed by atoms with Gasteiger partial charge in [0.1, 0.15) is 0 Å². The zero-order valence-corrected chi connectivity index (χ0v) is 13.3. The maximum Gasteiger partial charge on any atom is 0.0553 e. The summed E-state index contributed by atoms with van der Waals surface area (Å²) in [4.78, 5) is 0. The van der Waals surface area contributed by atoms with Crippen molar-refractivity contribution in [1.29, 1.82) is 0 Å². The van der Waals surface area contributed by atoms with E-state index in [0.717, 1.165) is 18.8 Å². The first-order valence-corrected chi connectivity index (χ1v) is 8.31. The standard InChI is InChI=1S/C18H23NOS/c1-20-12-13-21-18(16-10-6-3-7-11-16)17(19)14-15-8-4-2-5-9-15/h2-11,17-18H,12-14,19H2,1H3. The van der Waals surface area contributed by atoms with E-state index in [2.05, 4.69) is 48.5 Å². The molecule has 3 heteroatoms. The topological polar surface area (TPSA) is 35.2 Å². The monoisotopic (exact) mass is 301 g/mol. The molecule has 0 aliphatic rings.